The van der Waals surface area contributed by atoms with Gasteiger partial charge in [-0.15, -0.1) is 0 Å². The molecule has 5 aliphatic rings. The zero-order valence-electron chi connectivity index (χ0n) is 21.6. The van der Waals surface area contributed by atoms with Crippen LogP contribution in [0.2, 0.25) is 0 Å². The number of carbonyl (C=O) groups excluding carboxylic acids is 3. The molecule has 3 saturated carbocycles. The number of Topliss-reactive ketones (excluding diaryl/α,β-unsaturated/α-hetero) is 2. The van der Waals surface area contributed by atoms with E-state index in [1.807, 2.05) is 13.8 Å². The highest BCUT2D eigenvalue weighted by Gasteiger charge is 2.77. The van der Waals surface area contributed by atoms with Gasteiger partial charge in [0.05, 0.1) is 12.2 Å². The van der Waals surface area contributed by atoms with Crippen molar-refractivity contribution >= 4 is 17.3 Å². The minimum absolute atomic E-state index is 0.0457. The Hall–Kier alpha value is -1.48. The van der Waals surface area contributed by atoms with E-state index in [0.29, 0.717) is 31.3 Å². The number of allylic oxidation sites excluding steroid dienone is 1. The Kier molecular flexibility index (Phi) is 6.48. The third kappa shape index (κ3) is 3.78. The number of hydrogen-bond donors (Lipinski definition) is 2. The first kappa shape index (κ1) is 26.6. The molecule has 0 spiro atoms. The van der Waals surface area contributed by atoms with Gasteiger partial charge in [0, 0.05) is 11.8 Å². The summed E-state index contributed by atoms with van der Waals surface area (Å²) in [7, 11) is 0. The Labute approximate surface area is 206 Å². The highest BCUT2D eigenvalue weighted by molar-refractivity contribution is 5.92. The fraction of sp³-hybridized carbons (Fsp3) is 0.815. The van der Waals surface area contributed by atoms with Crippen LogP contribution in [0.4, 0.5) is 4.39 Å². The highest BCUT2D eigenvalue weighted by atomic mass is 19.1. The number of ether oxygens (including phenoxy) is 2. The largest absolute Gasteiger partial charge is 0.393 e. The molecule has 5 rings (SSSR count). The summed E-state index contributed by atoms with van der Waals surface area (Å²) in [6.07, 6.45) is 0.872. The number of alkyl halides is 1. The number of carbonyl (C=O) groups is 3. The smallest absolute Gasteiger partial charge is 0.193 e. The zero-order chi connectivity index (χ0) is 26.1. The average Bonchev–Trinajstić information content (AvgIpc) is 3.14. The molecule has 7 nitrogen and oxygen atoms in total. The molecule has 196 valence electrons. The average molecular weight is 495 g/mol. The molecule has 4 aliphatic carbocycles. The molecular weight excluding hydrogens is 455 g/mol. The number of fused-ring (bicyclic) bond motifs is 7. The first-order valence-corrected chi connectivity index (χ1v) is 12.7. The Morgan fingerprint density at radius 1 is 1.17 bits per heavy atom. The summed E-state index contributed by atoms with van der Waals surface area (Å²) < 4.78 is 27.9. The Morgan fingerprint density at radius 3 is 2.40 bits per heavy atom. The van der Waals surface area contributed by atoms with Gasteiger partial charge in [0.15, 0.2) is 23.0 Å². The highest BCUT2D eigenvalue weighted by Crippen LogP contribution is 2.70. The maximum Gasteiger partial charge on any atom is 0.193 e. The third-order valence-corrected chi connectivity index (χ3v) is 9.42. The van der Waals surface area contributed by atoms with Crippen LogP contribution in [0.5, 0.6) is 0 Å². The number of ketones is 3. The van der Waals surface area contributed by atoms with Gasteiger partial charge < -0.3 is 24.5 Å². The van der Waals surface area contributed by atoms with Crippen molar-refractivity contribution in [1.29, 1.82) is 0 Å². The van der Waals surface area contributed by atoms with Crippen molar-refractivity contribution in [3.05, 3.63) is 11.6 Å². The van der Waals surface area contributed by atoms with E-state index < -0.39 is 53.0 Å². The SMILES string of the molecule is CC(C)=O.CC1(C)O[C@@H]2C[C@H]3[C@@H]4C[C@H](F)C5=CC(=O)CC[C@]5(C)[C@H]4[C@@H](O)C[C@]3(C)[C@]2(C(=O)CO)O1. The quantitative estimate of drug-likeness (QED) is 0.607. The summed E-state index contributed by atoms with van der Waals surface area (Å²) in [6, 6.07) is 0. The van der Waals surface area contributed by atoms with Crippen LogP contribution in [0, 0.1) is 28.6 Å². The number of halogens is 1. The van der Waals surface area contributed by atoms with Crippen LogP contribution in [0.15, 0.2) is 11.6 Å². The molecule has 1 heterocycles. The Morgan fingerprint density at radius 2 is 1.80 bits per heavy atom. The standard InChI is InChI=1S/C24H33FO6.C3H6O/c1-21(2)30-19-9-14-13-8-16(25)15-7-12(27)5-6-22(15,3)20(13)17(28)10-23(14,4)24(19,31-21)18(29)11-26;1-3(2)4/h7,13-14,16-17,19-20,26,28H,5-6,8-11H2,1-4H3;1-2H3/t13-,14-,16-,17-,19+,20+,22-,23-,24+;/m0./s1. The van der Waals surface area contributed by atoms with E-state index in [-0.39, 0.29) is 35.7 Å². The molecule has 4 fully saturated rings. The first-order chi connectivity index (χ1) is 16.1. The van der Waals surface area contributed by atoms with E-state index >= 15 is 4.39 Å². The van der Waals surface area contributed by atoms with Gasteiger partial charge in [0.25, 0.3) is 0 Å². The lowest BCUT2D eigenvalue weighted by Crippen LogP contribution is -2.64. The van der Waals surface area contributed by atoms with E-state index in [1.54, 1.807) is 13.8 Å². The fourth-order valence-corrected chi connectivity index (χ4v) is 8.41. The fourth-order valence-electron chi connectivity index (χ4n) is 8.41. The molecule has 0 bridgehead atoms. The summed E-state index contributed by atoms with van der Waals surface area (Å²) in [5.41, 5.74) is -2.19. The summed E-state index contributed by atoms with van der Waals surface area (Å²) >= 11 is 0. The van der Waals surface area contributed by atoms with Gasteiger partial charge in [0.2, 0.25) is 0 Å². The molecule has 0 unspecified atom stereocenters. The molecule has 0 aromatic rings. The van der Waals surface area contributed by atoms with E-state index in [0.717, 1.165) is 0 Å². The molecule has 8 heteroatoms. The second-order valence-electron chi connectivity index (χ2n) is 12.2. The Bertz CT molecular complexity index is 955. The van der Waals surface area contributed by atoms with Gasteiger partial charge in [-0.1, -0.05) is 13.8 Å². The maximum atomic E-state index is 15.5. The van der Waals surface area contributed by atoms with E-state index in [1.165, 1.54) is 19.9 Å². The molecule has 0 radical (unpaired) electrons. The van der Waals surface area contributed by atoms with E-state index in [9.17, 15) is 24.6 Å². The first-order valence-electron chi connectivity index (χ1n) is 12.7. The summed E-state index contributed by atoms with van der Waals surface area (Å²) in [4.78, 5) is 34.6. The minimum Gasteiger partial charge on any atom is -0.393 e. The van der Waals surface area contributed by atoms with Crippen LogP contribution in [0.3, 0.4) is 0 Å². The van der Waals surface area contributed by atoms with Crippen LogP contribution in [-0.2, 0) is 23.9 Å². The van der Waals surface area contributed by atoms with Gasteiger partial charge in [-0.2, -0.15) is 0 Å². The van der Waals surface area contributed by atoms with Crippen molar-refractivity contribution in [3.8, 4) is 0 Å². The van der Waals surface area contributed by atoms with Crippen LogP contribution < -0.4 is 0 Å². The molecular formula is C27H39FO7. The lowest BCUT2D eigenvalue weighted by atomic mass is 9.45. The maximum absolute atomic E-state index is 15.5. The van der Waals surface area contributed by atoms with Crippen LogP contribution in [0.25, 0.3) is 0 Å². The predicted octanol–water partition coefficient (Wildman–Crippen LogP) is 3.09. The lowest BCUT2D eigenvalue weighted by molar-refractivity contribution is -0.228. The number of aliphatic hydroxyl groups excluding tert-OH is 2. The van der Waals surface area contributed by atoms with Crippen molar-refractivity contribution in [2.45, 2.75) is 103 Å². The second-order valence-corrected chi connectivity index (χ2v) is 12.2. The van der Waals surface area contributed by atoms with Crippen LogP contribution in [-0.4, -0.2) is 63.9 Å². The normalized spacial score (nSPS) is 47.3. The Balaban J connectivity index is 0.000000672. The lowest BCUT2D eigenvalue weighted by Gasteiger charge is -2.61. The molecule has 9 atom stereocenters. The molecule has 0 aromatic carbocycles. The molecule has 0 aromatic heterocycles. The van der Waals surface area contributed by atoms with Crippen molar-refractivity contribution in [2.24, 2.45) is 28.6 Å². The van der Waals surface area contributed by atoms with Gasteiger partial charge >= 0.3 is 0 Å². The predicted molar refractivity (Wildman–Crippen MR) is 125 cm³/mol. The van der Waals surface area contributed by atoms with Crippen molar-refractivity contribution in [3.63, 3.8) is 0 Å². The molecule has 35 heavy (non-hydrogen) atoms. The zero-order valence-corrected chi connectivity index (χ0v) is 21.6. The van der Waals surface area contributed by atoms with Gasteiger partial charge in [-0.05, 0) is 88.2 Å². The van der Waals surface area contributed by atoms with Crippen molar-refractivity contribution < 1.29 is 38.5 Å². The molecule has 1 saturated heterocycles. The summed E-state index contributed by atoms with van der Waals surface area (Å²) in [6.45, 7) is 9.84. The van der Waals surface area contributed by atoms with E-state index in [4.69, 9.17) is 9.47 Å². The molecule has 1 aliphatic heterocycles. The topological polar surface area (TPSA) is 110 Å². The van der Waals surface area contributed by atoms with Crippen molar-refractivity contribution in [2.75, 3.05) is 6.61 Å². The van der Waals surface area contributed by atoms with Crippen LogP contribution in [0.1, 0.15) is 73.6 Å². The number of rotatable bonds is 2. The second kappa shape index (κ2) is 8.54. The van der Waals surface area contributed by atoms with Crippen LogP contribution >= 0.6 is 0 Å². The molecule has 2 N–H and O–H groups in total. The summed E-state index contributed by atoms with van der Waals surface area (Å²) in [5.74, 6) is -1.73. The third-order valence-electron chi connectivity index (χ3n) is 9.42. The van der Waals surface area contributed by atoms with Gasteiger partial charge in [0.1, 0.15) is 18.6 Å². The summed E-state index contributed by atoms with van der Waals surface area (Å²) in [5, 5.41) is 21.3. The monoisotopic (exact) mass is 494 g/mol. The number of aliphatic hydroxyl groups is 2. The van der Waals surface area contributed by atoms with E-state index in [2.05, 4.69) is 0 Å². The molecule has 0 amide bonds. The number of hydrogen-bond acceptors (Lipinski definition) is 7. The van der Waals surface area contributed by atoms with Gasteiger partial charge in [-0.3, -0.25) is 9.59 Å². The minimum atomic E-state index is -1.35. The van der Waals surface area contributed by atoms with Gasteiger partial charge in [-0.25, -0.2) is 4.39 Å². The van der Waals surface area contributed by atoms with Crippen molar-refractivity contribution in [1.82, 2.24) is 0 Å².